The Morgan fingerprint density at radius 3 is 2.16 bits per heavy atom. The zero-order valence-corrected chi connectivity index (χ0v) is 19.1. The molecule has 0 radical (unpaired) electrons. The highest BCUT2D eigenvalue weighted by Gasteiger charge is 2.31. The fraction of sp³-hybridized carbons (Fsp3) is 0.423. The Morgan fingerprint density at radius 2 is 1.61 bits per heavy atom. The van der Waals surface area contributed by atoms with E-state index in [1.165, 1.54) is 18.4 Å². The first-order valence-corrected chi connectivity index (χ1v) is 11.1. The summed E-state index contributed by atoms with van der Waals surface area (Å²) in [5.41, 5.74) is 4.01. The predicted octanol–water partition coefficient (Wildman–Crippen LogP) is 5.47. The van der Waals surface area contributed by atoms with Crippen LogP contribution in [0.25, 0.3) is 0 Å². The molecule has 31 heavy (non-hydrogen) atoms. The third-order valence-electron chi connectivity index (χ3n) is 6.52. The van der Waals surface area contributed by atoms with Gasteiger partial charge in [0.2, 0.25) is 0 Å². The van der Waals surface area contributed by atoms with Gasteiger partial charge in [0.25, 0.3) is 0 Å². The maximum absolute atomic E-state index is 12.5. The number of ether oxygens (including phenoxy) is 1. The van der Waals surface area contributed by atoms with Crippen LogP contribution in [0.1, 0.15) is 36.8 Å². The molecule has 1 heterocycles. The number of likely N-dealkylation sites (tertiary alicyclic amines) is 1. The van der Waals surface area contributed by atoms with Gasteiger partial charge in [-0.1, -0.05) is 72.3 Å². The maximum Gasteiger partial charge on any atom is 0.410 e. The van der Waals surface area contributed by atoms with E-state index in [-0.39, 0.29) is 24.5 Å². The summed E-state index contributed by atoms with van der Waals surface area (Å²) in [6.07, 6.45) is 7.69. The van der Waals surface area contributed by atoms with E-state index in [0.29, 0.717) is 12.6 Å². The van der Waals surface area contributed by atoms with Crippen molar-refractivity contribution in [2.75, 3.05) is 20.1 Å². The average molecular weight is 441 g/mol. The van der Waals surface area contributed by atoms with Crippen molar-refractivity contribution in [3.63, 3.8) is 0 Å². The Hall–Kier alpha value is -2.30. The molecule has 1 unspecified atom stereocenters. The van der Waals surface area contributed by atoms with Crippen LogP contribution in [-0.2, 0) is 17.8 Å². The van der Waals surface area contributed by atoms with Crippen molar-refractivity contribution in [3.8, 4) is 0 Å². The maximum atomic E-state index is 12.5. The lowest BCUT2D eigenvalue weighted by molar-refractivity contribution is 0.0664. The molecule has 1 aliphatic carbocycles. The second-order valence-electron chi connectivity index (χ2n) is 8.44. The van der Waals surface area contributed by atoms with Gasteiger partial charge in [0, 0.05) is 32.2 Å². The minimum Gasteiger partial charge on any atom is -0.445 e. The fourth-order valence-electron chi connectivity index (χ4n) is 4.50. The third-order valence-corrected chi connectivity index (χ3v) is 6.52. The Morgan fingerprint density at radius 1 is 1.03 bits per heavy atom. The Balaban J connectivity index is 0.00000272. The molecule has 0 N–H and O–H groups in total. The predicted molar refractivity (Wildman–Crippen MR) is 127 cm³/mol. The molecule has 0 bridgehead atoms. The number of rotatable bonds is 7. The van der Waals surface area contributed by atoms with Crippen LogP contribution in [0.5, 0.6) is 0 Å². The number of carbonyl (C=O) groups is 1. The Kier molecular flexibility index (Phi) is 8.56. The van der Waals surface area contributed by atoms with Crippen molar-refractivity contribution in [1.82, 2.24) is 9.80 Å². The van der Waals surface area contributed by atoms with Crippen LogP contribution in [0, 0.1) is 0 Å². The lowest BCUT2D eigenvalue weighted by Crippen LogP contribution is -2.50. The SMILES string of the molecule is CN(C(=O)OCc1ccccc1)C1CCN(C(Cc2ccccc2)C2=CCC2)CC1.Cl. The van der Waals surface area contributed by atoms with Crippen LogP contribution in [0.15, 0.2) is 72.3 Å². The molecule has 2 aromatic carbocycles. The second-order valence-corrected chi connectivity index (χ2v) is 8.44. The summed E-state index contributed by atoms with van der Waals surface area (Å²) in [6, 6.07) is 21.4. The first-order valence-electron chi connectivity index (χ1n) is 11.1. The van der Waals surface area contributed by atoms with Gasteiger partial charge in [-0.2, -0.15) is 0 Å². The molecule has 0 spiro atoms. The number of carbonyl (C=O) groups excluding carboxylic acids is 1. The molecule has 1 saturated heterocycles. The highest BCUT2D eigenvalue weighted by Crippen LogP contribution is 2.30. The van der Waals surface area contributed by atoms with Gasteiger partial charge in [-0.05, 0) is 43.2 Å². The second kappa shape index (κ2) is 11.4. The lowest BCUT2D eigenvalue weighted by Gasteiger charge is -2.42. The highest BCUT2D eigenvalue weighted by atomic mass is 35.5. The van der Waals surface area contributed by atoms with E-state index in [9.17, 15) is 4.79 Å². The number of nitrogens with zero attached hydrogens (tertiary/aromatic N) is 2. The zero-order chi connectivity index (χ0) is 20.8. The summed E-state index contributed by atoms with van der Waals surface area (Å²) in [4.78, 5) is 16.9. The van der Waals surface area contributed by atoms with Gasteiger partial charge in [-0.3, -0.25) is 4.90 Å². The summed E-state index contributed by atoms with van der Waals surface area (Å²) < 4.78 is 5.53. The van der Waals surface area contributed by atoms with Gasteiger partial charge in [-0.25, -0.2) is 4.79 Å². The van der Waals surface area contributed by atoms with E-state index in [1.54, 1.807) is 10.5 Å². The van der Waals surface area contributed by atoms with Crippen LogP contribution in [0.2, 0.25) is 0 Å². The molecule has 1 amide bonds. The largest absolute Gasteiger partial charge is 0.445 e. The van der Waals surface area contributed by atoms with Gasteiger partial charge in [0.05, 0.1) is 0 Å². The van der Waals surface area contributed by atoms with Gasteiger partial charge < -0.3 is 9.64 Å². The molecule has 2 aliphatic rings. The lowest BCUT2D eigenvalue weighted by atomic mass is 9.86. The minimum atomic E-state index is -0.222. The molecule has 2 aromatic rings. The monoisotopic (exact) mass is 440 g/mol. The number of benzene rings is 2. The zero-order valence-electron chi connectivity index (χ0n) is 18.3. The van der Waals surface area contributed by atoms with E-state index < -0.39 is 0 Å². The number of hydrogen-bond donors (Lipinski definition) is 0. The summed E-state index contributed by atoms with van der Waals surface area (Å²) in [5.74, 6) is 0. The number of allylic oxidation sites excluding steroid dienone is 1. The number of hydrogen-bond acceptors (Lipinski definition) is 3. The van der Waals surface area contributed by atoms with E-state index >= 15 is 0 Å². The summed E-state index contributed by atoms with van der Waals surface area (Å²) >= 11 is 0. The van der Waals surface area contributed by atoms with Crippen molar-refractivity contribution >= 4 is 18.5 Å². The topological polar surface area (TPSA) is 32.8 Å². The number of halogens is 1. The average Bonchev–Trinajstić information content (AvgIpc) is 2.77. The quantitative estimate of drug-likeness (QED) is 0.535. The standard InChI is InChI=1S/C26H32N2O2.ClH/c1-27(26(29)30-20-22-11-6-3-7-12-22)24-15-17-28(18-16-24)25(23-13-8-14-23)19-21-9-4-2-5-10-21;/h2-7,9-13,24-25H,8,14-20H2,1H3;1H. The van der Waals surface area contributed by atoms with Gasteiger partial charge in [0.15, 0.2) is 0 Å². The molecule has 0 aromatic heterocycles. The van der Waals surface area contributed by atoms with E-state index in [0.717, 1.165) is 37.9 Å². The highest BCUT2D eigenvalue weighted by molar-refractivity contribution is 5.85. The van der Waals surface area contributed by atoms with Crippen LogP contribution >= 0.6 is 12.4 Å². The smallest absolute Gasteiger partial charge is 0.410 e. The normalized spacial score (nSPS) is 17.6. The Bertz CT molecular complexity index is 848. The van der Waals surface area contributed by atoms with Crippen LogP contribution in [-0.4, -0.2) is 48.1 Å². The fourth-order valence-corrected chi connectivity index (χ4v) is 4.50. The molecule has 4 nitrogen and oxygen atoms in total. The molecule has 1 aliphatic heterocycles. The van der Waals surface area contributed by atoms with Crippen LogP contribution in [0.3, 0.4) is 0 Å². The molecule has 4 rings (SSSR count). The van der Waals surface area contributed by atoms with Crippen LogP contribution < -0.4 is 0 Å². The minimum absolute atomic E-state index is 0. The summed E-state index contributed by atoms with van der Waals surface area (Å²) in [7, 11) is 1.88. The van der Waals surface area contributed by atoms with Crippen molar-refractivity contribution in [2.24, 2.45) is 0 Å². The third kappa shape index (κ3) is 6.11. The van der Waals surface area contributed by atoms with Gasteiger partial charge in [0.1, 0.15) is 6.61 Å². The van der Waals surface area contributed by atoms with E-state index in [1.807, 2.05) is 37.4 Å². The summed E-state index contributed by atoms with van der Waals surface area (Å²) in [5, 5.41) is 0. The van der Waals surface area contributed by atoms with Crippen molar-refractivity contribution < 1.29 is 9.53 Å². The van der Waals surface area contributed by atoms with Gasteiger partial charge >= 0.3 is 6.09 Å². The first-order chi connectivity index (χ1) is 14.7. The molecule has 5 heteroatoms. The summed E-state index contributed by atoms with van der Waals surface area (Å²) in [6.45, 7) is 2.38. The van der Waals surface area contributed by atoms with Crippen molar-refractivity contribution in [1.29, 1.82) is 0 Å². The van der Waals surface area contributed by atoms with E-state index in [2.05, 4.69) is 41.3 Å². The molecular formula is C26H33ClN2O2. The Labute approximate surface area is 192 Å². The number of amides is 1. The van der Waals surface area contributed by atoms with E-state index in [4.69, 9.17) is 4.74 Å². The first kappa shape index (κ1) is 23.4. The van der Waals surface area contributed by atoms with Gasteiger partial charge in [-0.15, -0.1) is 12.4 Å². The molecule has 1 atom stereocenters. The molecule has 1 fully saturated rings. The molecule has 0 saturated carbocycles. The number of piperidine rings is 1. The van der Waals surface area contributed by atoms with Crippen molar-refractivity contribution in [3.05, 3.63) is 83.4 Å². The molecule has 166 valence electrons. The van der Waals surface area contributed by atoms with Crippen molar-refractivity contribution in [2.45, 2.75) is 50.8 Å². The molecular weight excluding hydrogens is 408 g/mol. The van der Waals surface area contributed by atoms with Crippen LogP contribution in [0.4, 0.5) is 4.79 Å².